The first-order valence-electron chi connectivity index (χ1n) is 10.1. The molecule has 0 radical (unpaired) electrons. The quantitative estimate of drug-likeness (QED) is 0.307. The molecule has 0 saturated carbocycles. The number of nitrogens with zero attached hydrogens (tertiary/aromatic N) is 3. The molecule has 4 rings (SSSR count). The standard InChI is InChI=1S/C24H23N3O3S2/c1-29-18-9-11-19(12-10-18)31-15-13-22(28)27(16-17-6-3-4-14-25-17)24-26-23-20(30-2)7-5-8-21(23)32-24/h3-12,14H,13,15-16H2,1-2H3. The first-order valence-corrected chi connectivity index (χ1v) is 11.9. The largest absolute Gasteiger partial charge is 0.497 e. The molecule has 2 aromatic carbocycles. The van der Waals surface area contributed by atoms with Crippen LogP contribution in [0.25, 0.3) is 10.2 Å². The van der Waals surface area contributed by atoms with Crippen LogP contribution in [0.3, 0.4) is 0 Å². The average Bonchev–Trinajstić information content (AvgIpc) is 3.27. The van der Waals surface area contributed by atoms with Crippen molar-refractivity contribution in [1.29, 1.82) is 0 Å². The van der Waals surface area contributed by atoms with Gasteiger partial charge in [0, 0.05) is 23.3 Å². The number of benzene rings is 2. The van der Waals surface area contributed by atoms with Crippen molar-refractivity contribution in [1.82, 2.24) is 9.97 Å². The fourth-order valence-corrected chi connectivity index (χ4v) is 5.01. The minimum Gasteiger partial charge on any atom is -0.497 e. The third-order valence-electron chi connectivity index (χ3n) is 4.81. The van der Waals surface area contributed by atoms with Gasteiger partial charge in [-0.25, -0.2) is 4.98 Å². The molecule has 8 heteroatoms. The highest BCUT2D eigenvalue weighted by Gasteiger charge is 2.21. The van der Waals surface area contributed by atoms with Crippen LogP contribution in [0.1, 0.15) is 12.1 Å². The molecule has 0 unspecified atom stereocenters. The summed E-state index contributed by atoms with van der Waals surface area (Å²) in [5.74, 6) is 2.19. The molecule has 1 amide bonds. The van der Waals surface area contributed by atoms with Gasteiger partial charge in [-0.15, -0.1) is 11.8 Å². The minimum atomic E-state index is 0.00897. The Morgan fingerprint density at radius 3 is 2.59 bits per heavy atom. The van der Waals surface area contributed by atoms with Crippen LogP contribution >= 0.6 is 23.1 Å². The summed E-state index contributed by atoms with van der Waals surface area (Å²) in [5.41, 5.74) is 1.58. The summed E-state index contributed by atoms with van der Waals surface area (Å²) in [6, 6.07) is 19.3. The van der Waals surface area contributed by atoms with Crippen LogP contribution in [0.2, 0.25) is 0 Å². The third kappa shape index (κ3) is 5.20. The Morgan fingerprint density at radius 1 is 1.03 bits per heavy atom. The highest BCUT2D eigenvalue weighted by molar-refractivity contribution is 7.99. The fraction of sp³-hybridized carbons (Fsp3) is 0.208. The highest BCUT2D eigenvalue weighted by Crippen LogP contribution is 2.35. The molecular formula is C24H23N3O3S2. The number of fused-ring (bicyclic) bond motifs is 1. The molecule has 0 aliphatic carbocycles. The topological polar surface area (TPSA) is 64.5 Å². The number of thioether (sulfide) groups is 1. The zero-order valence-electron chi connectivity index (χ0n) is 17.9. The summed E-state index contributed by atoms with van der Waals surface area (Å²) in [7, 11) is 3.27. The number of thiazole rings is 1. The molecule has 0 aliphatic heterocycles. The summed E-state index contributed by atoms with van der Waals surface area (Å²) in [5, 5.41) is 0.648. The number of anilines is 1. The van der Waals surface area contributed by atoms with E-state index in [1.807, 2.05) is 60.7 Å². The lowest BCUT2D eigenvalue weighted by Crippen LogP contribution is -2.30. The SMILES string of the molecule is COc1ccc(SCCC(=O)N(Cc2ccccn2)c2nc3c(OC)cccc3s2)cc1. The van der Waals surface area contributed by atoms with Crippen LogP contribution in [0.15, 0.2) is 71.8 Å². The number of pyridine rings is 1. The van der Waals surface area contributed by atoms with Gasteiger partial charge in [-0.3, -0.25) is 14.7 Å². The Labute approximate surface area is 195 Å². The number of hydrogen-bond donors (Lipinski definition) is 0. The van der Waals surface area contributed by atoms with Gasteiger partial charge in [0.1, 0.15) is 17.0 Å². The summed E-state index contributed by atoms with van der Waals surface area (Å²) in [6.07, 6.45) is 2.12. The Balaban J connectivity index is 1.52. The van der Waals surface area contributed by atoms with E-state index in [0.717, 1.165) is 26.6 Å². The number of methoxy groups -OCH3 is 2. The van der Waals surface area contributed by atoms with Gasteiger partial charge in [0.25, 0.3) is 0 Å². The van der Waals surface area contributed by atoms with Gasteiger partial charge in [0.15, 0.2) is 5.13 Å². The van der Waals surface area contributed by atoms with E-state index in [2.05, 4.69) is 4.98 Å². The van der Waals surface area contributed by atoms with Crippen LogP contribution < -0.4 is 14.4 Å². The summed E-state index contributed by atoms with van der Waals surface area (Å²) in [4.78, 5) is 25.2. The summed E-state index contributed by atoms with van der Waals surface area (Å²) < 4.78 is 11.6. The minimum absolute atomic E-state index is 0.00897. The maximum Gasteiger partial charge on any atom is 0.229 e. The van der Waals surface area contributed by atoms with E-state index in [9.17, 15) is 4.79 Å². The van der Waals surface area contributed by atoms with Gasteiger partial charge < -0.3 is 9.47 Å². The van der Waals surface area contributed by atoms with Crippen molar-refractivity contribution in [3.8, 4) is 11.5 Å². The lowest BCUT2D eigenvalue weighted by Gasteiger charge is -2.19. The molecule has 6 nitrogen and oxygen atoms in total. The second-order valence-electron chi connectivity index (χ2n) is 6.88. The van der Waals surface area contributed by atoms with Gasteiger partial charge in [-0.2, -0.15) is 0 Å². The number of amides is 1. The Morgan fingerprint density at radius 2 is 1.88 bits per heavy atom. The van der Waals surface area contributed by atoms with Gasteiger partial charge in [0.2, 0.25) is 5.91 Å². The van der Waals surface area contributed by atoms with Crippen LogP contribution in [0.4, 0.5) is 5.13 Å². The predicted octanol–water partition coefficient (Wildman–Crippen LogP) is 5.42. The van der Waals surface area contributed by atoms with E-state index in [0.29, 0.717) is 29.6 Å². The number of para-hydroxylation sites is 1. The third-order valence-corrected chi connectivity index (χ3v) is 6.87. The molecule has 4 aromatic rings. The molecule has 0 bridgehead atoms. The van der Waals surface area contributed by atoms with Crippen molar-refractivity contribution >= 4 is 44.4 Å². The van der Waals surface area contributed by atoms with Crippen molar-refractivity contribution in [3.05, 3.63) is 72.6 Å². The van der Waals surface area contributed by atoms with Crippen molar-refractivity contribution in [3.63, 3.8) is 0 Å². The van der Waals surface area contributed by atoms with Gasteiger partial charge in [-0.05, 0) is 48.5 Å². The second-order valence-corrected chi connectivity index (χ2v) is 9.06. The zero-order valence-corrected chi connectivity index (χ0v) is 19.5. The Bertz CT molecular complexity index is 1180. The number of carbonyl (C=O) groups excluding carboxylic acids is 1. The molecule has 0 aliphatic rings. The number of carbonyl (C=O) groups is 1. The van der Waals surface area contributed by atoms with Crippen molar-refractivity contribution < 1.29 is 14.3 Å². The Hall–Kier alpha value is -3.10. The molecule has 2 aromatic heterocycles. The van der Waals surface area contributed by atoms with Gasteiger partial charge >= 0.3 is 0 Å². The average molecular weight is 466 g/mol. The van der Waals surface area contributed by atoms with E-state index < -0.39 is 0 Å². The lowest BCUT2D eigenvalue weighted by atomic mass is 10.3. The molecule has 0 atom stereocenters. The molecule has 32 heavy (non-hydrogen) atoms. The Kier molecular flexibility index (Phi) is 7.24. The van der Waals surface area contributed by atoms with E-state index in [1.165, 1.54) is 11.3 Å². The molecule has 0 spiro atoms. The van der Waals surface area contributed by atoms with Crippen molar-refractivity contribution in [2.45, 2.75) is 17.9 Å². The smallest absolute Gasteiger partial charge is 0.229 e. The maximum absolute atomic E-state index is 13.3. The number of ether oxygens (including phenoxy) is 2. The van der Waals surface area contributed by atoms with Gasteiger partial charge in [0.05, 0.1) is 31.2 Å². The summed E-state index contributed by atoms with van der Waals surface area (Å²) >= 11 is 3.12. The lowest BCUT2D eigenvalue weighted by molar-refractivity contribution is -0.118. The molecule has 0 fully saturated rings. The highest BCUT2D eigenvalue weighted by atomic mass is 32.2. The fourth-order valence-electron chi connectivity index (χ4n) is 3.17. The molecule has 164 valence electrons. The first kappa shape index (κ1) is 22.1. The monoisotopic (exact) mass is 465 g/mol. The van der Waals surface area contributed by atoms with E-state index >= 15 is 0 Å². The molecule has 0 N–H and O–H groups in total. The van der Waals surface area contributed by atoms with E-state index in [4.69, 9.17) is 14.5 Å². The number of aromatic nitrogens is 2. The second kappa shape index (κ2) is 10.5. The van der Waals surface area contributed by atoms with Gasteiger partial charge in [-0.1, -0.05) is 23.5 Å². The summed E-state index contributed by atoms with van der Waals surface area (Å²) in [6.45, 7) is 0.370. The molecule has 0 saturated heterocycles. The van der Waals surface area contributed by atoms with E-state index in [1.54, 1.807) is 37.1 Å². The van der Waals surface area contributed by atoms with Crippen molar-refractivity contribution in [2.24, 2.45) is 0 Å². The number of hydrogen-bond acceptors (Lipinski definition) is 7. The normalized spacial score (nSPS) is 10.8. The van der Waals surface area contributed by atoms with Crippen LogP contribution in [-0.4, -0.2) is 35.8 Å². The van der Waals surface area contributed by atoms with Crippen LogP contribution in [-0.2, 0) is 11.3 Å². The van der Waals surface area contributed by atoms with Crippen LogP contribution in [0.5, 0.6) is 11.5 Å². The zero-order chi connectivity index (χ0) is 22.3. The van der Waals surface area contributed by atoms with Crippen molar-refractivity contribution in [2.75, 3.05) is 24.9 Å². The predicted molar refractivity (Wildman–Crippen MR) is 130 cm³/mol. The van der Waals surface area contributed by atoms with Crippen LogP contribution in [0, 0.1) is 0 Å². The maximum atomic E-state index is 13.3. The molecule has 2 heterocycles. The molecular weight excluding hydrogens is 442 g/mol. The first-order chi connectivity index (χ1) is 15.7. The number of rotatable bonds is 9. The van der Waals surface area contributed by atoms with E-state index in [-0.39, 0.29) is 5.91 Å².